The van der Waals surface area contributed by atoms with Gasteiger partial charge >= 0.3 is 11.9 Å². The van der Waals surface area contributed by atoms with Gasteiger partial charge in [-0.15, -0.1) is 0 Å². The minimum atomic E-state index is -1.26. The molecule has 8 atom stereocenters. The van der Waals surface area contributed by atoms with Crippen LogP contribution in [0.5, 0.6) is 0 Å². The number of hydrogen-bond donors (Lipinski definition) is 8. The minimum Gasteiger partial charge on any atom is -0.481 e. The summed E-state index contributed by atoms with van der Waals surface area (Å²) in [5.74, 6) is -3.92. The van der Waals surface area contributed by atoms with Gasteiger partial charge in [0.1, 0.15) is 0 Å². The molecule has 0 heterocycles. The van der Waals surface area contributed by atoms with Gasteiger partial charge in [-0.05, 0) is 38.5 Å². The third kappa shape index (κ3) is 66.1. The number of nitrogens with two attached hydrogens (primary N) is 2. The van der Waals surface area contributed by atoms with E-state index in [-0.39, 0.29) is 0 Å². The first-order valence-electron chi connectivity index (χ1n) is 41.9. The number of rotatable bonds is 76. The first-order chi connectivity index (χ1) is 45.9. The van der Waals surface area contributed by atoms with Gasteiger partial charge in [0, 0.05) is 0 Å². The number of carbonyl (C=O) groups is 2. The van der Waals surface area contributed by atoms with Crippen LogP contribution in [0.4, 0.5) is 0 Å². The second kappa shape index (κ2) is 76.9. The van der Waals surface area contributed by atoms with Gasteiger partial charge in [0.05, 0.1) is 48.3 Å². The Balaban J connectivity index is 0. The zero-order valence-electron chi connectivity index (χ0n) is 63.3. The van der Waals surface area contributed by atoms with Gasteiger partial charge in [0.15, 0.2) is 0 Å². The van der Waals surface area contributed by atoms with Crippen LogP contribution in [-0.4, -0.2) is 79.1 Å². The summed E-state index contributed by atoms with van der Waals surface area (Å²) in [7, 11) is 0. The molecule has 0 saturated carbocycles. The van der Waals surface area contributed by atoms with Crippen LogP contribution in [0.25, 0.3) is 0 Å². The molecule has 0 bridgehead atoms. The van der Waals surface area contributed by atoms with Gasteiger partial charge in [-0.3, -0.25) is 9.59 Å². The van der Waals surface area contributed by atoms with Crippen molar-refractivity contribution >= 4 is 11.9 Å². The van der Waals surface area contributed by atoms with E-state index in [0.717, 1.165) is 64.2 Å². The molecule has 10 N–H and O–H groups in total. The summed E-state index contributed by atoms with van der Waals surface area (Å²) < 4.78 is 0. The molecule has 94 heavy (non-hydrogen) atoms. The Morgan fingerprint density at radius 1 is 0.255 bits per heavy atom. The van der Waals surface area contributed by atoms with Gasteiger partial charge in [-0.25, -0.2) is 0 Å². The molecule has 10 heteroatoms. The molecular weight excluding hydrogens is 1160 g/mol. The third-order valence-electron chi connectivity index (χ3n) is 20.4. The number of aliphatic carboxylic acids is 2. The van der Waals surface area contributed by atoms with Gasteiger partial charge in [0.25, 0.3) is 0 Å². The van der Waals surface area contributed by atoms with Crippen molar-refractivity contribution in [3.63, 3.8) is 0 Å². The molecule has 0 aliphatic rings. The normalized spacial score (nSPS) is 14.5. The monoisotopic (exact) mass is 1330 g/mol. The van der Waals surface area contributed by atoms with E-state index in [1.165, 1.54) is 347 Å². The van der Waals surface area contributed by atoms with Crippen molar-refractivity contribution in [2.75, 3.05) is 0 Å². The molecule has 0 aromatic carbocycles. The molecule has 4 unspecified atom stereocenters. The van der Waals surface area contributed by atoms with Crippen LogP contribution in [0, 0.1) is 11.8 Å². The molecule has 0 aliphatic carbocycles. The summed E-state index contributed by atoms with van der Waals surface area (Å²) in [6.45, 7) is 9.08. The van der Waals surface area contributed by atoms with E-state index in [9.17, 15) is 40.2 Å². The topological polar surface area (TPSA) is 208 Å². The minimum absolute atomic E-state index is 0.401. The third-order valence-corrected chi connectivity index (χ3v) is 20.4. The number of aliphatic hydroxyl groups excluding tert-OH is 4. The number of carboxylic acid groups (broad SMARTS) is 2. The predicted octanol–water partition coefficient (Wildman–Crippen LogP) is 24.4. The van der Waals surface area contributed by atoms with E-state index in [1.54, 1.807) is 12.2 Å². The van der Waals surface area contributed by atoms with E-state index < -0.39 is 60.3 Å². The van der Waals surface area contributed by atoms with Gasteiger partial charge in [-0.2, -0.15) is 0 Å². The van der Waals surface area contributed by atoms with Crippen molar-refractivity contribution in [1.29, 1.82) is 0 Å². The number of allylic oxidation sites excluding steroid dienone is 2. The van der Waals surface area contributed by atoms with Gasteiger partial charge in [-0.1, -0.05) is 437 Å². The maximum Gasteiger partial charge on any atom is 0.309 e. The lowest BCUT2D eigenvalue weighted by atomic mass is 9.88. The average molecular weight is 1330 g/mol. The SMILES string of the molecule is CCCCCCCCCCCCC/C=C/[C@@H](O)[C@@H](N)C(O)C(CCCCCCCCCCCCCCCCCCCCCC)C(=O)O.CCCCCCCCCCCCC/C=C/[C@@H](O)[C@@H](N)C(O)C(CCCCCCCCCCCCCCCCCCCCCC)C(=O)O. The molecule has 0 aromatic heterocycles. The lowest BCUT2D eigenvalue weighted by Crippen LogP contribution is -2.49. The van der Waals surface area contributed by atoms with Crippen molar-refractivity contribution in [1.82, 2.24) is 0 Å². The molecule has 0 rings (SSSR count). The van der Waals surface area contributed by atoms with E-state index in [4.69, 9.17) is 11.5 Å². The smallest absolute Gasteiger partial charge is 0.309 e. The summed E-state index contributed by atoms with van der Waals surface area (Å²) in [6.07, 6.45) is 86.1. The zero-order chi connectivity index (χ0) is 69.3. The Morgan fingerprint density at radius 3 is 0.564 bits per heavy atom. The average Bonchev–Trinajstić information content (AvgIpc) is 0.971. The highest BCUT2D eigenvalue weighted by atomic mass is 16.4. The number of unbranched alkanes of at least 4 members (excludes halogenated alkanes) is 60. The summed E-state index contributed by atoms with van der Waals surface area (Å²) >= 11 is 0. The zero-order valence-corrected chi connectivity index (χ0v) is 63.3. The molecule has 0 fully saturated rings. The maximum absolute atomic E-state index is 11.9. The molecule has 0 radical (unpaired) electrons. The standard InChI is InChI=1S/2C42H83NO4/c2*1-3-5-7-9-11-13-15-17-18-19-20-21-22-23-25-26-28-30-32-34-36-38(42(46)47)41(45)40(43)39(44)37-35-33-31-29-27-24-16-14-12-10-8-6-4-2/h2*35,37-41,44-45H,3-34,36,43H2,1-2H3,(H,46,47)/b2*37-35+/t2*38?,39-,40-,41?/m11/s1. The van der Waals surface area contributed by atoms with E-state index in [2.05, 4.69) is 27.7 Å². The highest BCUT2D eigenvalue weighted by molar-refractivity contribution is 5.71. The molecule has 10 nitrogen and oxygen atoms in total. The van der Waals surface area contributed by atoms with Crippen LogP contribution < -0.4 is 11.5 Å². The van der Waals surface area contributed by atoms with Gasteiger partial charge < -0.3 is 42.1 Å². The highest BCUT2D eigenvalue weighted by Crippen LogP contribution is 2.24. The molecule has 0 aromatic rings. The number of hydrogen-bond acceptors (Lipinski definition) is 8. The van der Waals surface area contributed by atoms with Crippen LogP contribution in [0.1, 0.15) is 451 Å². The summed E-state index contributed by atoms with van der Waals surface area (Å²) in [6, 6.07) is -1.98. The number of carboxylic acids is 2. The fourth-order valence-corrected chi connectivity index (χ4v) is 13.6. The fourth-order valence-electron chi connectivity index (χ4n) is 13.6. The van der Waals surface area contributed by atoms with Crippen molar-refractivity contribution in [2.24, 2.45) is 23.3 Å². The van der Waals surface area contributed by atoms with Crippen LogP contribution in [-0.2, 0) is 9.59 Å². The molecule has 0 saturated heterocycles. The Bertz CT molecular complexity index is 1450. The lowest BCUT2D eigenvalue weighted by molar-refractivity contribution is -0.148. The summed E-state index contributed by atoms with van der Waals surface area (Å²) in [5.41, 5.74) is 12.2. The van der Waals surface area contributed by atoms with Crippen molar-refractivity contribution < 1.29 is 40.2 Å². The molecule has 0 aliphatic heterocycles. The molecule has 0 amide bonds. The van der Waals surface area contributed by atoms with E-state index in [1.807, 2.05) is 12.2 Å². The van der Waals surface area contributed by atoms with E-state index in [0.29, 0.717) is 12.8 Å². The Morgan fingerprint density at radius 2 is 0.404 bits per heavy atom. The van der Waals surface area contributed by atoms with Crippen LogP contribution in [0.2, 0.25) is 0 Å². The highest BCUT2D eigenvalue weighted by Gasteiger charge is 2.34. The molecular formula is C84H166N2O8. The number of aliphatic hydroxyl groups is 4. The van der Waals surface area contributed by atoms with Gasteiger partial charge in [0.2, 0.25) is 0 Å². The second-order valence-corrected chi connectivity index (χ2v) is 29.5. The first-order valence-corrected chi connectivity index (χ1v) is 41.9. The fraction of sp³-hybridized carbons (Fsp3) is 0.929. The van der Waals surface area contributed by atoms with Crippen LogP contribution >= 0.6 is 0 Å². The van der Waals surface area contributed by atoms with Crippen LogP contribution in [0.15, 0.2) is 24.3 Å². The van der Waals surface area contributed by atoms with Crippen molar-refractivity contribution in [2.45, 2.75) is 488 Å². The Kier molecular flexibility index (Phi) is 77.1. The maximum atomic E-state index is 11.9. The molecule has 0 spiro atoms. The second-order valence-electron chi connectivity index (χ2n) is 29.5. The summed E-state index contributed by atoms with van der Waals surface area (Å²) in [4.78, 5) is 23.7. The molecule has 560 valence electrons. The first kappa shape index (κ1) is 94.2. The van der Waals surface area contributed by atoms with Crippen LogP contribution in [0.3, 0.4) is 0 Å². The largest absolute Gasteiger partial charge is 0.481 e. The Labute approximate surface area is 584 Å². The predicted molar refractivity (Wildman–Crippen MR) is 408 cm³/mol. The Hall–Kier alpha value is -1.82. The van der Waals surface area contributed by atoms with E-state index >= 15 is 0 Å². The van der Waals surface area contributed by atoms with Crippen molar-refractivity contribution in [3.05, 3.63) is 24.3 Å². The van der Waals surface area contributed by atoms with Crippen molar-refractivity contribution in [3.8, 4) is 0 Å². The lowest BCUT2D eigenvalue weighted by Gasteiger charge is -2.27. The summed E-state index contributed by atoms with van der Waals surface area (Å²) in [5, 5.41) is 61.7. The quantitative estimate of drug-likeness (QED) is 0.0213.